The Kier molecular flexibility index (Phi) is 7.69. The molecule has 0 fully saturated rings. The van der Waals surface area contributed by atoms with Crippen LogP contribution in [0.2, 0.25) is 0 Å². The minimum atomic E-state index is -4.62. The Labute approximate surface area is 317 Å². The Morgan fingerprint density at radius 2 is 1.04 bits per heavy atom. The van der Waals surface area contributed by atoms with E-state index in [2.05, 4.69) is 26.1 Å². The summed E-state index contributed by atoms with van der Waals surface area (Å²) in [5, 5.41) is 33.5. The van der Waals surface area contributed by atoms with Crippen LogP contribution in [0.3, 0.4) is 0 Å². The molecule has 9 aromatic rings. The summed E-state index contributed by atoms with van der Waals surface area (Å²) in [7, 11) is 0. The largest absolute Gasteiger partial charge is 0.416 e. The zero-order chi connectivity index (χ0) is 38.7. The Hall–Kier alpha value is -8.11. The molecule has 2 aromatic heterocycles. The molecule has 0 saturated heterocycles. The fourth-order valence-corrected chi connectivity index (χ4v) is 7.78. The monoisotopic (exact) mass is 728 g/mol. The highest BCUT2D eigenvalue weighted by Crippen LogP contribution is 2.43. The van der Waals surface area contributed by atoms with Crippen molar-refractivity contribution in [2.24, 2.45) is 0 Å². The first kappa shape index (κ1) is 33.7. The second-order valence-electron chi connectivity index (χ2n) is 13.3. The minimum Gasteiger partial charge on any atom is -0.309 e. The first-order valence-corrected chi connectivity index (χ1v) is 17.4. The normalized spacial score (nSPS) is 11.4. The molecule has 0 radical (unpaired) electrons. The van der Waals surface area contributed by atoms with Gasteiger partial charge in [0.05, 0.1) is 80.5 Å². The Balaban J connectivity index is 1.41. The van der Waals surface area contributed by atoms with E-state index in [0.717, 1.165) is 66.9 Å². The highest BCUT2D eigenvalue weighted by atomic mass is 19.4. The lowest BCUT2D eigenvalue weighted by molar-refractivity contribution is -0.137. The van der Waals surface area contributed by atoms with Gasteiger partial charge in [-0.15, -0.1) is 0 Å². The van der Waals surface area contributed by atoms with Crippen LogP contribution in [0.4, 0.5) is 18.9 Å². The van der Waals surface area contributed by atoms with E-state index in [-0.39, 0.29) is 5.56 Å². The van der Waals surface area contributed by atoms with Gasteiger partial charge >= 0.3 is 6.18 Å². The first-order chi connectivity index (χ1) is 27.2. The average Bonchev–Trinajstić information content (AvgIpc) is 3.74. The summed E-state index contributed by atoms with van der Waals surface area (Å²) >= 11 is 0. The molecule has 0 aliphatic rings. The molecule has 0 atom stereocenters. The predicted molar refractivity (Wildman–Crippen MR) is 211 cm³/mol. The third-order valence-corrected chi connectivity index (χ3v) is 10.3. The van der Waals surface area contributed by atoms with Gasteiger partial charge in [0.25, 0.3) is 0 Å². The van der Waals surface area contributed by atoms with Gasteiger partial charge < -0.3 is 9.13 Å². The van der Waals surface area contributed by atoms with E-state index < -0.39 is 11.7 Å². The molecule has 2 heterocycles. The molecular weight excluding hydrogens is 706 g/mol. The van der Waals surface area contributed by atoms with Gasteiger partial charge in [0, 0.05) is 27.3 Å². The zero-order valence-corrected chi connectivity index (χ0v) is 29.1. The number of nitrogens with zero attached hydrogens (tertiary/aromatic N) is 6. The van der Waals surface area contributed by atoms with E-state index in [1.54, 1.807) is 24.3 Å². The zero-order valence-electron chi connectivity index (χ0n) is 29.1. The smallest absolute Gasteiger partial charge is 0.309 e. The standard InChI is InChI=1S/C47H23F3N6/c1-54-33-14-19-44-40(24-33)36-7-3-5-9-42(36)56(44)46-23-30(34-17-13-32(47(48,49)50)22-31(34)27-53)12-16-38(46)37-15-10-29(26-52)21-45(37)55-41-8-4-2-6-35(41)39-20-28(25-51)11-18-43(39)55/h2-24H. The third-order valence-electron chi connectivity index (χ3n) is 10.3. The molecular formula is C47H23F3N6. The van der Waals surface area contributed by atoms with Crippen LogP contribution < -0.4 is 0 Å². The van der Waals surface area contributed by atoms with Crippen LogP contribution in [-0.2, 0) is 6.18 Å². The second kappa shape index (κ2) is 12.8. The average molecular weight is 729 g/mol. The summed E-state index contributed by atoms with van der Waals surface area (Å²) in [5.74, 6) is 0. The highest BCUT2D eigenvalue weighted by molar-refractivity contribution is 6.12. The van der Waals surface area contributed by atoms with Crippen LogP contribution in [0.1, 0.15) is 22.3 Å². The predicted octanol–water partition coefficient (Wildman–Crippen LogP) is 12.4. The summed E-state index contributed by atoms with van der Waals surface area (Å²) in [4.78, 5) is 3.67. The number of benzene rings is 7. The fourth-order valence-electron chi connectivity index (χ4n) is 7.78. The molecule has 0 aliphatic carbocycles. The van der Waals surface area contributed by atoms with Crippen LogP contribution in [0.5, 0.6) is 0 Å². The number of para-hydroxylation sites is 2. The minimum absolute atomic E-state index is 0.122. The van der Waals surface area contributed by atoms with Gasteiger partial charge in [-0.25, -0.2) is 4.85 Å². The quantitative estimate of drug-likeness (QED) is 0.169. The van der Waals surface area contributed by atoms with Crippen molar-refractivity contribution in [2.75, 3.05) is 0 Å². The molecule has 6 nitrogen and oxygen atoms in total. The van der Waals surface area contributed by atoms with Crippen LogP contribution >= 0.6 is 0 Å². The van der Waals surface area contributed by atoms with E-state index in [0.29, 0.717) is 39.3 Å². The van der Waals surface area contributed by atoms with Gasteiger partial charge in [0.1, 0.15) is 0 Å². The number of rotatable bonds is 4. The van der Waals surface area contributed by atoms with Crippen molar-refractivity contribution >= 4 is 49.3 Å². The number of nitriles is 3. The molecule has 9 heteroatoms. The lowest BCUT2D eigenvalue weighted by Crippen LogP contribution is -2.05. The topological polar surface area (TPSA) is 85.6 Å². The van der Waals surface area contributed by atoms with E-state index in [4.69, 9.17) is 6.57 Å². The number of hydrogen-bond acceptors (Lipinski definition) is 3. The summed E-state index contributed by atoms with van der Waals surface area (Å²) in [6, 6.07) is 47.3. The molecule has 7 aromatic carbocycles. The van der Waals surface area contributed by atoms with Gasteiger partial charge in [-0.2, -0.15) is 29.0 Å². The summed E-state index contributed by atoms with van der Waals surface area (Å²) < 4.78 is 45.4. The molecule has 0 spiro atoms. The number of fused-ring (bicyclic) bond motifs is 6. The number of alkyl halides is 3. The maximum Gasteiger partial charge on any atom is 0.416 e. The van der Waals surface area contributed by atoms with Crippen LogP contribution in [0.25, 0.3) is 82.1 Å². The molecule has 0 N–H and O–H groups in total. The fraction of sp³-hybridized carbons (Fsp3) is 0.0213. The molecule has 56 heavy (non-hydrogen) atoms. The van der Waals surface area contributed by atoms with Crippen molar-refractivity contribution in [3.05, 3.63) is 173 Å². The first-order valence-electron chi connectivity index (χ1n) is 17.4. The van der Waals surface area contributed by atoms with Crippen LogP contribution in [0, 0.1) is 40.6 Å². The molecule has 0 aliphatic heterocycles. The van der Waals surface area contributed by atoms with E-state index in [1.807, 2.05) is 103 Å². The Morgan fingerprint density at radius 3 is 1.66 bits per heavy atom. The van der Waals surface area contributed by atoms with Crippen LogP contribution in [0.15, 0.2) is 140 Å². The highest BCUT2D eigenvalue weighted by Gasteiger charge is 2.31. The third kappa shape index (κ3) is 5.24. The van der Waals surface area contributed by atoms with E-state index >= 15 is 0 Å². The summed E-state index contributed by atoms with van der Waals surface area (Å²) in [6.07, 6.45) is -4.62. The van der Waals surface area contributed by atoms with Crippen molar-refractivity contribution in [2.45, 2.75) is 6.18 Å². The second-order valence-corrected chi connectivity index (χ2v) is 13.3. The maximum absolute atomic E-state index is 13.8. The SMILES string of the molecule is [C-]#[N+]c1ccc2c(c1)c1ccccc1n2-c1cc(-c2ccc(C(F)(F)F)cc2C#N)ccc1-c1ccc(C#N)cc1-n1c2ccccc2c2cc(C#N)ccc21. The number of hydrogen-bond donors (Lipinski definition) is 0. The van der Waals surface area contributed by atoms with Gasteiger partial charge in [-0.05, 0) is 89.3 Å². The van der Waals surface area contributed by atoms with Crippen molar-refractivity contribution in [3.8, 4) is 51.8 Å². The lowest BCUT2D eigenvalue weighted by Gasteiger charge is -2.20. The maximum atomic E-state index is 13.8. The van der Waals surface area contributed by atoms with E-state index in [1.165, 1.54) is 6.07 Å². The summed E-state index contributed by atoms with van der Waals surface area (Å²) in [5.41, 5.74) is 7.36. The number of halogens is 3. The molecule has 9 rings (SSSR count). The van der Waals surface area contributed by atoms with Crippen molar-refractivity contribution in [3.63, 3.8) is 0 Å². The Morgan fingerprint density at radius 1 is 0.500 bits per heavy atom. The van der Waals surface area contributed by atoms with Gasteiger partial charge in [0.2, 0.25) is 0 Å². The molecule has 0 amide bonds. The van der Waals surface area contributed by atoms with Crippen molar-refractivity contribution in [1.29, 1.82) is 15.8 Å². The Bertz CT molecular complexity index is 3300. The van der Waals surface area contributed by atoms with Crippen molar-refractivity contribution < 1.29 is 13.2 Å². The van der Waals surface area contributed by atoms with Crippen LogP contribution in [-0.4, -0.2) is 9.13 Å². The molecule has 262 valence electrons. The molecule has 0 unspecified atom stereocenters. The summed E-state index contributed by atoms with van der Waals surface area (Å²) in [6.45, 7) is 7.70. The molecule has 0 saturated carbocycles. The van der Waals surface area contributed by atoms with Gasteiger partial charge in [-0.1, -0.05) is 66.7 Å². The molecule has 0 bridgehead atoms. The van der Waals surface area contributed by atoms with Gasteiger partial charge in [-0.3, -0.25) is 0 Å². The van der Waals surface area contributed by atoms with Gasteiger partial charge in [0.15, 0.2) is 5.69 Å². The lowest BCUT2D eigenvalue weighted by atomic mass is 9.93. The van der Waals surface area contributed by atoms with E-state index in [9.17, 15) is 29.0 Å². The number of aromatic nitrogens is 2. The van der Waals surface area contributed by atoms with Crippen molar-refractivity contribution in [1.82, 2.24) is 9.13 Å².